The standard InChI is InChI=1S/C9H8N2OS/c1-13(12)9-8-5-3-2-4-7(8)6-10-11-9/h2-6H,1H3. The largest absolute Gasteiger partial charge is 0.253 e. The predicted molar refractivity (Wildman–Crippen MR) is 51.9 cm³/mol. The lowest BCUT2D eigenvalue weighted by atomic mass is 10.2. The molecule has 4 heteroatoms. The number of hydrogen-bond donors (Lipinski definition) is 0. The fraction of sp³-hybridized carbons (Fsp3) is 0.111. The molecule has 0 aliphatic heterocycles. The molecule has 0 spiro atoms. The quantitative estimate of drug-likeness (QED) is 0.685. The van der Waals surface area contributed by atoms with E-state index in [9.17, 15) is 4.21 Å². The molecule has 1 atom stereocenters. The molecule has 0 saturated carbocycles. The first-order valence-electron chi connectivity index (χ1n) is 3.83. The minimum absolute atomic E-state index is 0.554. The molecular weight excluding hydrogens is 184 g/mol. The van der Waals surface area contributed by atoms with Crippen molar-refractivity contribution in [3.63, 3.8) is 0 Å². The summed E-state index contributed by atoms with van der Waals surface area (Å²) in [5.41, 5.74) is 0. The lowest BCUT2D eigenvalue weighted by molar-refractivity contribution is 0.683. The van der Waals surface area contributed by atoms with Crippen molar-refractivity contribution in [2.45, 2.75) is 5.03 Å². The molecule has 1 heterocycles. The van der Waals surface area contributed by atoms with E-state index in [-0.39, 0.29) is 0 Å². The fourth-order valence-corrected chi connectivity index (χ4v) is 1.87. The van der Waals surface area contributed by atoms with Crippen LogP contribution in [0.1, 0.15) is 0 Å². The lowest BCUT2D eigenvalue weighted by Gasteiger charge is -1.99. The summed E-state index contributed by atoms with van der Waals surface area (Å²) < 4.78 is 11.3. The van der Waals surface area contributed by atoms with Crippen LogP contribution in [0.4, 0.5) is 0 Å². The molecule has 13 heavy (non-hydrogen) atoms. The van der Waals surface area contributed by atoms with E-state index < -0.39 is 10.8 Å². The zero-order valence-corrected chi connectivity index (χ0v) is 7.91. The van der Waals surface area contributed by atoms with Gasteiger partial charge in [-0.05, 0) is 0 Å². The maximum atomic E-state index is 11.3. The molecule has 0 fully saturated rings. The van der Waals surface area contributed by atoms with E-state index >= 15 is 0 Å². The van der Waals surface area contributed by atoms with Gasteiger partial charge < -0.3 is 0 Å². The summed E-state index contributed by atoms with van der Waals surface area (Å²) in [5.74, 6) is 0. The number of aromatic nitrogens is 2. The van der Waals surface area contributed by atoms with Gasteiger partial charge in [-0.1, -0.05) is 24.3 Å². The number of nitrogens with zero attached hydrogens (tertiary/aromatic N) is 2. The van der Waals surface area contributed by atoms with E-state index in [1.54, 1.807) is 12.5 Å². The van der Waals surface area contributed by atoms with Crippen molar-refractivity contribution in [3.05, 3.63) is 30.5 Å². The Morgan fingerprint density at radius 3 is 2.85 bits per heavy atom. The molecule has 0 aliphatic carbocycles. The lowest BCUT2D eigenvalue weighted by Crippen LogP contribution is -1.95. The number of hydrogen-bond acceptors (Lipinski definition) is 3. The SMILES string of the molecule is CS(=O)c1nncc2ccccc12. The molecular formula is C9H8N2OS. The van der Waals surface area contributed by atoms with Crippen LogP contribution in [-0.2, 0) is 10.8 Å². The summed E-state index contributed by atoms with van der Waals surface area (Å²) in [4.78, 5) is 0. The zero-order chi connectivity index (χ0) is 9.26. The van der Waals surface area contributed by atoms with Crippen LogP contribution in [0.3, 0.4) is 0 Å². The second kappa shape index (κ2) is 3.22. The van der Waals surface area contributed by atoms with Crippen LogP contribution in [0.5, 0.6) is 0 Å². The van der Waals surface area contributed by atoms with E-state index in [1.165, 1.54) is 0 Å². The Morgan fingerprint density at radius 2 is 2.08 bits per heavy atom. The molecule has 0 N–H and O–H groups in total. The molecule has 0 bridgehead atoms. The van der Waals surface area contributed by atoms with Crippen LogP contribution < -0.4 is 0 Å². The van der Waals surface area contributed by atoms with Gasteiger partial charge in [-0.3, -0.25) is 4.21 Å². The molecule has 1 aromatic carbocycles. The second-order valence-corrected chi connectivity index (χ2v) is 3.99. The maximum Gasteiger partial charge on any atom is 0.157 e. The van der Waals surface area contributed by atoms with Crippen molar-refractivity contribution in [1.82, 2.24) is 10.2 Å². The Bertz CT molecular complexity index is 465. The highest BCUT2D eigenvalue weighted by molar-refractivity contribution is 7.84. The molecule has 1 aromatic heterocycles. The molecule has 0 amide bonds. The molecule has 2 aromatic rings. The Labute approximate surface area is 78.3 Å². The average molecular weight is 192 g/mol. The van der Waals surface area contributed by atoms with Gasteiger partial charge in [0.15, 0.2) is 5.03 Å². The molecule has 0 aliphatic rings. The summed E-state index contributed by atoms with van der Waals surface area (Å²) >= 11 is 0. The summed E-state index contributed by atoms with van der Waals surface area (Å²) in [6, 6.07) is 7.66. The molecule has 3 nitrogen and oxygen atoms in total. The van der Waals surface area contributed by atoms with Crippen LogP contribution in [0.25, 0.3) is 10.8 Å². The zero-order valence-electron chi connectivity index (χ0n) is 7.10. The molecule has 66 valence electrons. The minimum Gasteiger partial charge on any atom is -0.253 e. The highest BCUT2D eigenvalue weighted by Crippen LogP contribution is 2.16. The first-order chi connectivity index (χ1) is 6.29. The van der Waals surface area contributed by atoms with Gasteiger partial charge in [0.2, 0.25) is 0 Å². The van der Waals surface area contributed by atoms with Gasteiger partial charge in [-0.2, -0.15) is 5.10 Å². The molecule has 2 rings (SSSR count). The van der Waals surface area contributed by atoms with Crippen LogP contribution in [0.15, 0.2) is 35.5 Å². The predicted octanol–water partition coefficient (Wildman–Crippen LogP) is 1.37. The highest BCUT2D eigenvalue weighted by atomic mass is 32.2. The summed E-state index contributed by atoms with van der Waals surface area (Å²) in [5, 5.41) is 10.1. The van der Waals surface area contributed by atoms with Gasteiger partial charge in [0.05, 0.1) is 17.0 Å². The Hall–Kier alpha value is -1.29. The third-order valence-corrected chi connectivity index (χ3v) is 2.65. The van der Waals surface area contributed by atoms with E-state index in [2.05, 4.69) is 10.2 Å². The van der Waals surface area contributed by atoms with E-state index in [4.69, 9.17) is 0 Å². The smallest absolute Gasteiger partial charge is 0.157 e. The summed E-state index contributed by atoms with van der Waals surface area (Å²) in [7, 11) is -1.08. The topological polar surface area (TPSA) is 42.9 Å². The average Bonchev–Trinajstić information content (AvgIpc) is 2.17. The van der Waals surface area contributed by atoms with Crippen molar-refractivity contribution < 1.29 is 4.21 Å². The second-order valence-electron chi connectivity index (χ2n) is 2.69. The van der Waals surface area contributed by atoms with Gasteiger partial charge in [0.1, 0.15) is 0 Å². The van der Waals surface area contributed by atoms with Gasteiger partial charge >= 0.3 is 0 Å². The Kier molecular flexibility index (Phi) is 2.06. The van der Waals surface area contributed by atoms with E-state index in [1.807, 2.05) is 24.3 Å². The van der Waals surface area contributed by atoms with Crippen LogP contribution in [-0.4, -0.2) is 20.7 Å². The van der Waals surface area contributed by atoms with Crippen LogP contribution >= 0.6 is 0 Å². The monoisotopic (exact) mass is 192 g/mol. The number of benzene rings is 1. The normalized spacial score (nSPS) is 13.0. The van der Waals surface area contributed by atoms with Crippen molar-refractivity contribution in [2.75, 3.05) is 6.26 Å². The van der Waals surface area contributed by atoms with Gasteiger partial charge in [-0.25, -0.2) is 0 Å². The molecule has 0 saturated heterocycles. The fourth-order valence-electron chi connectivity index (χ4n) is 1.21. The maximum absolute atomic E-state index is 11.3. The van der Waals surface area contributed by atoms with Gasteiger partial charge in [0.25, 0.3) is 0 Å². The summed E-state index contributed by atoms with van der Waals surface area (Å²) in [6.07, 6.45) is 3.28. The Morgan fingerprint density at radius 1 is 1.31 bits per heavy atom. The highest BCUT2D eigenvalue weighted by Gasteiger charge is 2.05. The van der Waals surface area contributed by atoms with Gasteiger partial charge in [0, 0.05) is 17.0 Å². The minimum atomic E-state index is -1.08. The first-order valence-corrected chi connectivity index (χ1v) is 5.38. The number of fused-ring (bicyclic) bond motifs is 1. The van der Waals surface area contributed by atoms with Gasteiger partial charge in [-0.15, -0.1) is 5.10 Å². The van der Waals surface area contributed by atoms with Crippen LogP contribution in [0, 0.1) is 0 Å². The third-order valence-electron chi connectivity index (χ3n) is 1.81. The third kappa shape index (κ3) is 1.45. The number of rotatable bonds is 1. The van der Waals surface area contributed by atoms with E-state index in [0.29, 0.717) is 5.03 Å². The molecule has 1 unspecified atom stereocenters. The Balaban J connectivity index is 2.83. The molecule has 0 radical (unpaired) electrons. The van der Waals surface area contributed by atoms with Crippen LogP contribution in [0.2, 0.25) is 0 Å². The van der Waals surface area contributed by atoms with Crippen molar-refractivity contribution in [3.8, 4) is 0 Å². The van der Waals surface area contributed by atoms with E-state index in [0.717, 1.165) is 10.8 Å². The summed E-state index contributed by atoms with van der Waals surface area (Å²) in [6.45, 7) is 0. The van der Waals surface area contributed by atoms with Crippen molar-refractivity contribution in [1.29, 1.82) is 0 Å². The van der Waals surface area contributed by atoms with Crippen molar-refractivity contribution in [2.24, 2.45) is 0 Å². The van der Waals surface area contributed by atoms with Crippen molar-refractivity contribution >= 4 is 21.6 Å². The first kappa shape index (κ1) is 8.31.